The summed E-state index contributed by atoms with van der Waals surface area (Å²) in [5, 5.41) is 0. The summed E-state index contributed by atoms with van der Waals surface area (Å²) < 4.78 is 6.17. The molecule has 1 atom stereocenters. The van der Waals surface area contributed by atoms with Crippen molar-refractivity contribution in [1.29, 1.82) is 0 Å². The van der Waals surface area contributed by atoms with Crippen molar-refractivity contribution in [1.82, 2.24) is 14.9 Å². The summed E-state index contributed by atoms with van der Waals surface area (Å²) in [7, 11) is 0. The number of thioether (sulfide) groups is 1. The number of likely N-dealkylation sites (tertiary alicyclic amines) is 1. The molecule has 4 rings (SSSR count). The molecular weight excluding hydrogens is 322 g/mol. The van der Waals surface area contributed by atoms with E-state index in [4.69, 9.17) is 4.74 Å². The molecular formula is C18H19N3O2S. The molecule has 0 aromatic carbocycles. The smallest absolute Gasteiger partial charge is 0.228 e. The van der Waals surface area contributed by atoms with E-state index >= 15 is 0 Å². The number of hydrogen-bond acceptors (Lipinski definition) is 5. The molecule has 2 fully saturated rings. The zero-order valence-corrected chi connectivity index (χ0v) is 14.1. The number of carbonyl (C=O) groups excluding carboxylic acids is 1. The number of pyridine rings is 2. The number of aromatic nitrogens is 2. The first-order chi connectivity index (χ1) is 11.7. The lowest BCUT2D eigenvalue weighted by Gasteiger charge is -2.47. The number of rotatable bonds is 4. The highest BCUT2D eigenvalue weighted by molar-refractivity contribution is 8.01. The van der Waals surface area contributed by atoms with Gasteiger partial charge in [-0.15, -0.1) is 11.8 Å². The SMILES string of the molecule is O=C(Cc1ccccn1)N1CC2(CC(Oc3cccnc3)CS2)C1. The zero-order valence-electron chi connectivity index (χ0n) is 13.3. The second kappa shape index (κ2) is 6.43. The van der Waals surface area contributed by atoms with Gasteiger partial charge in [-0.2, -0.15) is 0 Å². The normalized spacial score (nSPS) is 21.5. The second-order valence-corrected chi connectivity index (χ2v) is 7.86. The summed E-state index contributed by atoms with van der Waals surface area (Å²) in [6, 6.07) is 9.50. The molecule has 124 valence electrons. The van der Waals surface area contributed by atoms with Crippen molar-refractivity contribution < 1.29 is 9.53 Å². The van der Waals surface area contributed by atoms with E-state index in [0.29, 0.717) is 6.42 Å². The highest BCUT2D eigenvalue weighted by Crippen LogP contribution is 2.46. The Hall–Kier alpha value is -2.08. The highest BCUT2D eigenvalue weighted by atomic mass is 32.2. The molecule has 1 unspecified atom stereocenters. The number of nitrogens with zero attached hydrogens (tertiary/aromatic N) is 3. The van der Waals surface area contributed by atoms with Crippen LogP contribution in [0, 0.1) is 0 Å². The summed E-state index contributed by atoms with van der Waals surface area (Å²) in [5.41, 5.74) is 0.834. The minimum Gasteiger partial charge on any atom is -0.488 e. The summed E-state index contributed by atoms with van der Waals surface area (Å²) in [5.74, 6) is 1.95. The average molecular weight is 341 g/mol. The Morgan fingerprint density at radius 1 is 1.29 bits per heavy atom. The molecule has 4 heterocycles. The Kier molecular flexibility index (Phi) is 4.14. The van der Waals surface area contributed by atoms with E-state index < -0.39 is 0 Å². The maximum atomic E-state index is 12.3. The Morgan fingerprint density at radius 2 is 2.21 bits per heavy atom. The fraction of sp³-hybridized carbons (Fsp3) is 0.389. The predicted octanol–water partition coefficient (Wildman–Crippen LogP) is 2.18. The first kappa shape index (κ1) is 15.4. The van der Waals surface area contributed by atoms with Gasteiger partial charge in [-0.1, -0.05) is 6.07 Å². The van der Waals surface area contributed by atoms with Crippen molar-refractivity contribution in [3.05, 3.63) is 54.6 Å². The monoisotopic (exact) mass is 341 g/mol. The van der Waals surface area contributed by atoms with Gasteiger partial charge < -0.3 is 9.64 Å². The fourth-order valence-corrected chi connectivity index (χ4v) is 4.83. The number of carbonyl (C=O) groups is 1. The van der Waals surface area contributed by atoms with E-state index in [1.54, 1.807) is 18.6 Å². The van der Waals surface area contributed by atoms with E-state index in [1.807, 2.05) is 47.0 Å². The van der Waals surface area contributed by atoms with Gasteiger partial charge in [-0.05, 0) is 24.3 Å². The standard InChI is InChI=1S/C18H19N3O2S/c22-17(8-14-4-1-2-7-20-14)21-12-18(13-21)9-16(11-24-18)23-15-5-3-6-19-10-15/h1-7,10,16H,8-9,11-13H2. The minimum atomic E-state index is 0.163. The lowest BCUT2D eigenvalue weighted by atomic mass is 9.92. The van der Waals surface area contributed by atoms with Crippen LogP contribution < -0.4 is 4.74 Å². The molecule has 0 radical (unpaired) electrons. The molecule has 5 nitrogen and oxygen atoms in total. The summed E-state index contributed by atoms with van der Waals surface area (Å²) in [6.45, 7) is 1.63. The van der Waals surface area contributed by atoms with E-state index in [1.165, 1.54) is 0 Å². The van der Waals surface area contributed by atoms with Gasteiger partial charge in [0.05, 0.1) is 17.4 Å². The van der Waals surface area contributed by atoms with Crippen LogP contribution in [-0.2, 0) is 11.2 Å². The molecule has 24 heavy (non-hydrogen) atoms. The van der Waals surface area contributed by atoms with Gasteiger partial charge in [0.15, 0.2) is 0 Å². The number of amides is 1. The van der Waals surface area contributed by atoms with Crippen LogP contribution in [0.1, 0.15) is 12.1 Å². The van der Waals surface area contributed by atoms with E-state index in [0.717, 1.165) is 36.7 Å². The number of ether oxygens (including phenoxy) is 1. The van der Waals surface area contributed by atoms with Crippen molar-refractivity contribution in [3.63, 3.8) is 0 Å². The maximum absolute atomic E-state index is 12.3. The molecule has 2 aliphatic rings. The van der Waals surface area contributed by atoms with Crippen molar-refractivity contribution in [2.24, 2.45) is 0 Å². The van der Waals surface area contributed by atoms with Gasteiger partial charge in [0.25, 0.3) is 0 Å². The van der Waals surface area contributed by atoms with Crippen LogP contribution in [-0.4, -0.2) is 50.5 Å². The van der Waals surface area contributed by atoms with Gasteiger partial charge in [-0.3, -0.25) is 14.8 Å². The van der Waals surface area contributed by atoms with Gasteiger partial charge in [0.2, 0.25) is 5.91 Å². The molecule has 1 spiro atoms. The highest BCUT2D eigenvalue weighted by Gasteiger charge is 2.51. The quantitative estimate of drug-likeness (QED) is 0.853. The molecule has 0 bridgehead atoms. The molecule has 2 aliphatic heterocycles. The van der Waals surface area contributed by atoms with Crippen LogP contribution in [0.2, 0.25) is 0 Å². The molecule has 0 N–H and O–H groups in total. The molecule has 1 amide bonds. The first-order valence-corrected chi connectivity index (χ1v) is 9.09. The van der Waals surface area contributed by atoms with E-state index in [2.05, 4.69) is 9.97 Å². The van der Waals surface area contributed by atoms with Gasteiger partial charge >= 0.3 is 0 Å². The summed E-state index contributed by atoms with van der Waals surface area (Å²) in [4.78, 5) is 22.6. The molecule has 0 aliphatic carbocycles. The van der Waals surface area contributed by atoms with E-state index in [-0.39, 0.29) is 16.8 Å². The lowest BCUT2D eigenvalue weighted by Crippen LogP contribution is -2.61. The van der Waals surface area contributed by atoms with Crippen molar-refractivity contribution in [2.75, 3.05) is 18.8 Å². The first-order valence-electron chi connectivity index (χ1n) is 8.11. The third kappa shape index (κ3) is 3.24. The van der Waals surface area contributed by atoms with Gasteiger partial charge in [0.1, 0.15) is 11.9 Å². The Labute approximate surface area is 145 Å². The largest absolute Gasteiger partial charge is 0.488 e. The van der Waals surface area contributed by atoms with Crippen molar-refractivity contribution >= 4 is 17.7 Å². The topological polar surface area (TPSA) is 55.3 Å². The second-order valence-electron chi connectivity index (χ2n) is 6.37. The molecule has 2 aromatic heterocycles. The van der Waals surface area contributed by atoms with Crippen LogP contribution >= 0.6 is 11.8 Å². The Bertz CT molecular complexity index is 705. The van der Waals surface area contributed by atoms with Gasteiger partial charge in [0, 0.05) is 43.4 Å². The Morgan fingerprint density at radius 3 is 2.96 bits per heavy atom. The third-order valence-electron chi connectivity index (χ3n) is 4.48. The van der Waals surface area contributed by atoms with Crippen LogP contribution in [0.5, 0.6) is 5.75 Å². The van der Waals surface area contributed by atoms with Gasteiger partial charge in [-0.25, -0.2) is 0 Å². The zero-order chi connectivity index (χ0) is 16.4. The van der Waals surface area contributed by atoms with Crippen LogP contribution in [0.3, 0.4) is 0 Å². The third-order valence-corrected chi connectivity index (χ3v) is 6.06. The van der Waals surface area contributed by atoms with Crippen molar-refractivity contribution in [3.8, 4) is 5.75 Å². The van der Waals surface area contributed by atoms with Crippen LogP contribution in [0.15, 0.2) is 48.9 Å². The predicted molar refractivity (Wildman–Crippen MR) is 93.0 cm³/mol. The molecule has 2 aromatic rings. The fourth-order valence-electron chi connectivity index (χ4n) is 3.30. The molecule has 6 heteroatoms. The van der Waals surface area contributed by atoms with Crippen LogP contribution in [0.25, 0.3) is 0 Å². The Balaban J connectivity index is 1.28. The molecule has 2 saturated heterocycles. The van der Waals surface area contributed by atoms with Crippen LogP contribution in [0.4, 0.5) is 0 Å². The lowest BCUT2D eigenvalue weighted by molar-refractivity contribution is -0.135. The maximum Gasteiger partial charge on any atom is 0.228 e. The van der Waals surface area contributed by atoms with Crippen molar-refractivity contribution in [2.45, 2.75) is 23.7 Å². The number of hydrogen-bond donors (Lipinski definition) is 0. The average Bonchev–Trinajstić information content (AvgIpc) is 2.99. The molecule has 0 saturated carbocycles. The minimum absolute atomic E-state index is 0.163. The van der Waals surface area contributed by atoms with E-state index in [9.17, 15) is 4.79 Å². The summed E-state index contributed by atoms with van der Waals surface area (Å²) >= 11 is 1.93. The summed E-state index contributed by atoms with van der Waals surface area (Å²) in [6.07, 6.45) is 6.80.